The molecule has 0 radical (unpaired) electrons. The van der Waals surface area contributed by atoms with Gasteiger partial charge in [0.25, 0.3) is 0 Å². The number of Topliss-reactive ketones (excluding diaryl/α,β-unsaturated/α-hetero) is 1. The lowest BCUT2D eigenvalue weighted by Gasteiger charge is -2.27. The Bertz CT molecular complexity index is 756. The molecule has 4 nitrogen and oxygen atoms in total. The Morgan fingerprint density at radius 3 is 2.64 bits per heavy atom. The van der Waals surface area contributed by atoms with E-state index in [1.165, 1.54) is 0 Å². The number of carbonyl (C=O) groups excluding carboxylic acids is 1. The maximum atomic E-state index is 12.3. The van der Waals surface area contributed by atoms with Crippen LogP contribution in [0.15, 0.2) is 36.4 Å². The van der Waals surface area contributed by atoms with Crippen molar-refractivity contribution in [1.29, 1.82) is 0 Å². The largest absolute Gasteiger partial charge is 0.486 e. The van der Waals surface area contributed by atoms with Crippen LogP contribution in [-0.2, 0) is 0 Å². The van der Waals surface area contributed by atoms with E-state index >= 15 is 0 Å². The number of hydrogen-bond acceptors (Lipinski definition) is 4. The molecule has 0 aliphatic carbocycles. The molecule has 1 atom stereocenters. The third-order valence-corrected chi connectivity index (χ3v) is 4.06. The first kappa shape index (κ1) is 13.5. The second-order valence-electron chi connectivity index (χ2n) is 5.28. The summed E-state index contributed by atoms with van der Waals surface area (Å²) in [5.41, 5.74) is 1.47. The zero-order valence-corrected chi connectivity index (χ0v) is 12.4. The molecule has 0 aromatic heterocycles. The van der Waals surface area contributed by atoms with Crippen LogP contribution >= 0.6 is 11.6 Å². The Labute approximate surface area is 132 Å². The molecular weight excluding hydrogens is 304 g/mol. The van der Waals surface area contributed by atoms with Crippen molar-refractivity contribution in [2.45, 2.75) is 12.5 Å². The molecule has 22 heavy (non-hydrogen) atoms. The van der Waals surface area contributed by atoms with Gasteiger partial charge in [0.05, 0.1) is 12.0 Å². The van der Waals surface area contributed by atoms with E-state index < -0.39 is 0 Å². The number of benzene rings is 2. The van der Waals surface area contributed by atoms with Crippen molar-refractivity contribution < 1.29 is 19.0 Å². The van der Waals surface area contributed by atoms with Crippen LogP contribution in [0.1, 0.15) is 28.4 Å². The standard InChI is InChI=1S/C17H13ClO4/c18-11-2-3-12-13(19)9-15(22-16(12)8-11)10-1-4-14-17(7-10)21-6-5-20-14/h1-4,7-8,15H,5-6,9H2. The van der Waals surface area contributed by atoms with Crippen molar-refractivity contribution >= 4 is 17.4 Å². The molecule has 0 saturated carbocycles. The number of rotatable bonds is 1. The van der Waals surface area contributed by atoms with E-state index in [9.17, 15) is 4.79 Å². The maximum absolute atomic E-state index is 12.3. The number of fused-ring (bicyclic) bond motifs is 2. The molecule has 2 aliphatic heterocycles. The van der Waals surface area contributed by atoms with Crippen molar-refractivity contribution in [3.63, 3.8) is 0 Å². The van der Waals surface area contributed by atoms with Crippen LogP contribution in [0.25, 0.3) is 0 Å². The van der Waals surface area contributed by atoms with Gasteiger partial charge in [-0.15, -0.1) is 0 Å². The van der Waals surface area contributed by atoms with Crippen LogP contribution < -0.4 is 14.2 Å². The van der Waals surface area contributed by atoms with Gasteiger partial charge in [-0.05, 0) is 35.9 Å². The molecule has 112 valence electrons. The lowest BCUT2D eigenvalue weighted by Crippen LogP contribution is -2.21. The minimum atomic E-state index is -0.339. The second kappa shape index (κ2) is 5.21. The maximum Gasteiger partial charge on any atom is 0.170 e. The molecule has 0 amide bonds. The monoisotopic (exact) mass is 316 g/mol. The highest BCUT2D eigenvalue weighted by Gasteiger charge is 2.28. The number of ketones is 1. The summed E-state index contributed by atoms with van der Waals surface area (Å²) in [5.74, 6) is 2.00. The topological polar surface area (TPSA) is 44.8 Å². The lowest BCUT2D eigenvalue weighted by molar-refractivity contribution is 0.0849. The van der Waals surface area contributed by atoms with E-state index in [0.717, 1.165) is 11.3 Å². The third kappa shape index (κ3) is 2.29. The lowest BCUT2D eigenvalue weighted by atomic mass is 9.96. The molecule has 2 aliphatic rings. The Balaban J connectivity index is 1.68. The first-order valence-electron chi connectivity index (χ1n) is 7.10. The normalized spacial score (nSPS) is 19.3. The summed E-state index contributed by atoms with van der Waals surface area (Å²) >= 11 is 5.99. The molecule has 2 heterocycles. The molecule has 0 spiro atoms. The average molecular weight is 317 g/mol. The van der Waals surface area contributed by atoms with E-state index in [1.54, 1.807) is 18.2 Å². The predicted molar refractivity (Wildman–Crippen MR) is 81.2 cm³/mol. The highest BCUT2D eigenvalue weighted by molar-refractivity contribution is 6.30. The minimum Gasteiger partial charge on any atom is -0.486 e. The van der Waals surface area contributed by atoms with Gasteiger partial charge in [0, 0.05) is 5.02 Å². The highest BCUT2D eigenvalue weighted by Crippen LogP contribution is 2.39. The first-order chi connectivity index (χ1) is 10.7. The van der Waals surface area contributed by atoms with Gasteiger partial charge in [0.2, 0.25) is 0 Å². The summed E-state index contributed by atoms with van der Waals surface area (Å²) in [4.78, 5) is 12.3. The molecular formula is C17H13ClO4. The van der Waals surface area contributed by atoms with Crippen LogP contribution in [0.5, 0.6) is 17.2 Å². The van der Waals surface area contributed by atoms with Crippen LogP contribution in [0.2, 0.25) is 5.02 Å². The highest BCUT2D eigenvalue weighted by atomic mass is 35.5. The predicted octanol–water partition coefficient (Wildman–Crippen LogP) is 3.82. The third-order valence-electron chi connectivity index (χ3n) is 3.82. The fourth-order valence-corrected chi connectivity index (χ4v) is 2.91. The van der Waals surface area contributed by atoms with Crippen LogP contribution in [0, 0.1) is 0 Å². The Morgan fingerprint density at radius 1 is 0.955 bits per heavy atom. The zero-order chi connectivity index (χ0) is 15.1. The number of ether oxygens (including phenoxy) is 3. The van der Waals surface area contributed by atoms with Crippen LogP contribution in [0.4, 0.5) is 0 Å². The fraction of sp³-hybridized carbons (Fsp3) is 0.235. The number of carbonyl (C=O) groups is 1. The summed E-state index contributed by atoms with van der Waals surface area (Å²) < 4.78 is 17.1. The van der Waals surface area contributed by atoms with E-state index in [4.69, 9.17) is 25.8 Å². The zero-order valence-electron chi connectivity index (χ0n) is 11.7. The molecule has 1 unspecified atom stereocenters. The van der Waals surface area contributed by atoms with Crippen LogP contribution in [0.3, 0.4) is 0 Å². The van der Waals surface area contributed by atoms with Gasteiger partial charge in [0.15, 0.2) is 17.3 Å². The van der Waals surface area contributed by atoms with E-state index in [-0.39, 0.29) is 11.9 Å². The summed E-state index contributed by atoms with van der Waals surface area (Å²) in [6.07, 6.45) is -0.0387. The van der Waals surface area contributed by atoms with E-state index in [1.807, 2.05) is 18.2 Å². The molecule has 0 fully saturated rings. The van der Waals surface area contributed by atoms with Gasteiger partial charge < -0.3 is 14.2 Å². The molecule has 4 rings (SSSR count). The summed E-state index contributed by atoms with van der Waals surface area (Å²) in [6.45, 7) is 1.08. The smallest absolute Gasteiger partial charge is 0.170 e. The number of hydrogen-bond donors (Lipinski definition) is 0. The van der Waals surface area contributed by atoms with Gasteiger partial charge in [0.1, 0.15) is 25.1 Å². The Hall–Kier alpha value is -2.20. The van der Waals surface area contributed by atoms with Crippen molar-refractivity contribution in [3.8, 4) is 17.2 Å². The minimum absolute atomic E-state index is 0.0535. The van der Waals surface area contributed by atoms with Crippen molar-refractivity contribution in [3.05, 3.63) is 52.5 Å². The fourth-order valence-electron chi connectivity index (χ4n) is 2.74. The van der Waals surface area contributed by atoms with Crippen molar-refractivity contribution in [2.24, 2.45) is 0 Å². The van der Waals surface area contributed by atoms with E-state index in [2.05, 4.69) is 0 Å². The molecule has 5 heteroatoms. The van der Waals surface area contributed by atoms with Gasteiger partial charge in [-0.3, -0.25) is 4.79 Å². The summed E-state index contributed by atoms with van der Waals surface area (Å²) in [6, 6.07) is 10.7. The van der Waals surface area contributed by atoms with Gasteiger partial charge >= 0.3 is 0 Å². The molecule has 0 saturated heterocycles. The molecule has 0 N–H and O–H groups in total. The van der Waals surface area contributed by atoms with Crippen LogP contribution in [-0.4, -0.2) is 19.0 Å². The van der Waals surface area contributed by atoms with Crippen molar-refractivity contribution in [2.75, 3.05) is 13.2 Å². The quantitative estimate of drug-likeness (QED) is 0.802. The van der Waals surface area contributed by atoms with E-state index in [0.29, 0.717) is 41.7 Å². The van der Waals surface area contributed by atoms with Gasteiger partial charge in [-0.1, -0.05) is 17.7 Å². The first-order valence-corrected chi connectivity index (χ1v) is 7.47. The second-order valence-corrected chi connectivity index (χ2v) is 5.71. The van der Waals surface area contributed by atoms with Gasteiger partial charge in [-0.25, -0.2) is 0 Å². The summed E-state index contributed by atoms with van der Waals surface area (Å²) in [5, 5.41) is 0.550. The molecule has 2 aromatic carbocycles. The Kier molecular flexibility index (Phi) is 3.19. The van der Waals surface area contributed by atoms with Crippen molar-refractivity contribution in [1.82, 2.24) is 0 Å². The number of halogens is 1. The average Bonchev–Trinajstić information content (AvgIpc) is 2.54. The summed E-state index contributed by atoms with van der Waals surface area (Å²) in [7, 11) is 0. The SMILES string of the molecule is O=C1CC(c2ccc3c(c2)OCCO3)Oc2cc(Cl)ccc21. The molecule has 0 bridgehead atoms. The Morgan fingerprint density at radius 2 is 1.77 bits per heavy atom. The van der Waals surface area contributed by atoms with Gasteiger partial charge in [-0.2, -0.15) is 0 Å². The molecule has 2 aromatic rings.